The fourth-order valence-corrected chi connectivity index (χ4v) is 3.88. The first-order valence-electron chi connectivity index (χ1n) is 6.01. The molecule has 4 nitrogen and oxygen atoms in total. The fourth-order valence-electron chi connectivity index (χ4n) is 2.48. The maximum atomic E-state index is 11.6. The zero-order valence-corrected chi connectivity index (χ0v) is 11.0. The molecule has 0 aliphatic heterocycles. The van der Waals surface area contributed by atoms with E-state index in [4.69, 9.17) is 5.11 Å². The summed E-state index contributed by atoms with van der Waals surface area (Å²) in [6.07, 6.45) is 5.70. The van der Waals surface area contributed by atoms with Gasteiger partial charge in [0.25, 0.3) is 0 Å². The molecule has 0 saturated heterocycles. The molecule has 2 N–H and O–H groups in total. The van der Waals surface area contributed by atoms with Crippen LogP contribution in [0.1, 0.15) is 39.0 Å². The minimum atomic E-state index is -2.93. The third-order valence-corrected chi connectivity index (χ3v) is 4.96. The Morgan fingerprint density at radius 3 is 2.69 bits per heavy atom. The SMILES string of the molecule is CC(CCCO)NC1CCCC1S(C)(=O)=O. The lowest BCUT2D eigenvalue weighted by atomic mass is 10.1. The lowest BCUT2D eigenvalue weighted by Gasteiger charge is -2.23. The normalized spacial score (nSPS) is 28.2. The van der Waals surface area contributed by atoms with Crippen LogP contribution in [0.5, 0.6) is 0 Å². The molecule has 96 valence electrons. The molecule has 1 fully saturated rings. The summed E-state index contributed by atoms with van der Waals surface area (Å²) in [5, 5.41) is 11.9. The lowest BCUT2D eigenvalue weighted by Crippen LogP contribution is -2.44. The van der Waals surface area contributed by atoms with E-state index in [-0.39, 0.29) is 23.9 Å². The molecule has 5 heteroatoms. The maximum Gasteiger partial charge on any atom is 0.151 e. The van der Waals surface area contributed by atoms with Crippen molar-refractivity contribution < 1.29 is 13.5 Å². The van der Waals surface area contributed by atoms with Crippen LogP contribution >= 0.6 is 0 Å². The highest BCUT2D eigenvalue weighted by molar-refractivity contribution is 7.91. The molecule has 0 aromatic rings. The highest BCUT2D eigenvalue weighted by Gasteiger charge is 2.34. The number of aliphatic hydroxyl groups is 1. The number of hydrogen-bond donors (Lipinski definition) is 2. The van der Waals surface area contributed by atoms with Crippen molar-refractivity contribution in [3.63, 3.8) is 0 Å². The highest BCUT2D eigenvalue weighted by Crippen LogP contribution is 2.25. The fraction of sp³-hybridized carbons (Fsp3) is 1.00. The first-order valence-corrected chi connectivity index (χ1v) is 7.96. The number of nitrogens with one attached hydrogen (secondary N) is 1. The summed E-state index contributed by atoms with van der Waals surface area (Å²) in [5.74, 6) is 0. The highest BCUT2D eigenvalue weighted by atomic mass is 32.2. The van der Waals surface area contributed by atoms with Gasteiger partial charge in [0, 0.05) is 24.9 Å². The number of hydrogen-bond acceptors (Lipinski definition) is 4. The largest absolute Gasteiger partial charge is 0.396 e. The lowest BCUT2D eigenvalue weighted by molar-refractivity contribution is 0.273. The van der Waals surface area contributed by atoms with Gasteiger partial charge in [0.1, 0.15) is 0 Å². The van der Waals surface area contributed by atoms with E-state index in [1.807, 2.05) is 6.92 Å². The zero-order chi connectivity index (χ0) is 12.2. The van der Waals surface area contributed by atoms with Crippen LogP contribution in [0.3, 0.4) is 0 Å². The molecule has 1 saturated carbocycles. The second kappa shape index (κ2) is 5.98. The van der Waals surface area contributed by atoms with Crippen LogP contribution < -0.4 is 5.32 Å². The van der Waals surface area contributed by atoms with Crippen LogP contribution in [0.25, 0.3) is 0 Å². The minimum Gasteiger partial charge on any atom is -0.396 e. The van der Waals surface area contributed by atoms with Gasteiger partial charge in [-0.3, -0.25) is 0 Å². The van der Waals surface area contributed by atoms with Crippen molar-refractivity contribution >= 4 is 9.84 Å². The molecule has 0 aromatic carbocycles. The van der Waals surface area contributed by atoms with E-state index in [1.54, 1.807) is 0 Å². The van der Waals surface area contributed by atoms with Gasteiger partial charge in [0.2, 0.25) is 0 Å². The Balaban J connectivity index is 2.47. The molecular formula is C11H23NO3S. The number of rotatable bonds is 6. The summed E-state index contributed by atoms with van der Waals surface area (Å²) in [5.41, 5.74) is 0. The van der Waals surface area contributed by atoms with Gasteiger partial charge in [0.15, 0.2) is 9.84 Å². The van der Waals surface area contributed by atoms with Crippen molar-refractivity contribution in [2.45, 2.75) is 56.4 Å². The van der Waals surface area contributed by atoms with Gasteiger partial charge in [-0.05, 0) is 32.6 Å². The summed E-state index contributed by atoms with van der Waals surface area (Å²) in [6.45, 7) is 2.25. The molecule has 3 unspecified atom stereocenters. The second-order valence-electron chi connectivity index (χ2n) is 4.84. The number of aliphatic hydroxyl groups excluding tert-OH is 1. The molecule has 0 heterocycles. The van der Waals surface area contributed by atoms with E-state index in [0.717, 1.165) is 32.1 Å². The molecule has 1 rings (SSSR count). The van der Waals surface area contributed by atoms with E-state index >= 15 is 0 Å². The van der Waals surface area contributed by atoms with E-state index in [9.17, 15) is 8.42 Å². The molecular weight excluding hydrogens is 226 g/mol. The van der Waals surface area contributed by atoms with Crippen LogP contribution in [-0.2, 0) is 9.84 Å². The summed E-state index contributed by atoms with van der Waals surface area (Å²) >= 11 is 0. The standard InChI is InChI=1S/C11H23NO3S/c1-9(5-4-8-13)12-10-6-3-7-11(10)16(2,14)15/h9-13H,3-8H2,1-2H3. The molecule has 1 aliphatic rings. The summed E-state index contributed by atoms with van der Waals surface area (Å²) < 4.78 is 23.1. The second-order valence-corrected chi connectivity index (χ2v) is 7.10. The predicted octanol–water partition coefficient (Wildman–Crippen LogP) is 0.703. The predicted molar refractivity (Wildman–Crippen MR) is 65.2 cm³/mol. The van der Waals surface area contributed by atoms with E-state index in [2.05, 4.69) is 5.32 Å². The van der Waals surface area contributed by atoms with Gasteiger partial charge in [0.05, 0.1) is 5.25 Å². The van der Waals surface area contributed by atoms with Crippen LogP contribution in [0.2, 0.25) is 0 Å². The summed E-state index contributed by atoms with van der Waals surface area (Å²) in [4.78, 5) is 0. The topological polar surface area (TPSA) is 66.4 Å². The van der Waals surface area contributed by atoms with E-state index in [1.165, 1.54) is 6.26 Å². The molecule has 0 amide bonds. The summed E-state index contributed by atoms with van der Waals surface area (Å²) in [7, 11) is -2.93. The van der Waals surface area contributed by atoms with Gasteiger partial charge < -0.3 is 10.4 Å². The van der Waals surface area contributed by atoms with Gasteiger partial charge in [-0.15, -0.1) is 0 Å². The average Bonchev–Trinajstić information content (AvgIpc) is 2.62. The van der Waals surface area contributed by atoms with Crippen LogP contribution in [0.15, 0.2) is 0 Å². The van der Waals surface area contributed by atoms with Gasteiger partial charge in [-0.1, -0.05) is 6.42 Å². The smallest absolute Gasteiger partial charge is 0.151 e. The molecule has 3 atom stereocenters. The van der Waals surface area contributed by atoms with Crippen LogP contribution in [0.4, 0.5) is 0 Å². The zero-order valence-electron chi connectivity index (χ0n) is 10.1. The Hall–Kier alpha value is -0.130. The quantitative estimate of drug-likeness (QED) is 0.727. The van der Waals surface area contributed by atoms with Crippen molar-refractivity contribution in [2.75, 3.05) is 12.9 Å². The summed E-state index contributed by atoms with van der Waals surface area (Å²) in [6, 6.07) is 0.378. The molecule has 0 aromatic heterocycles. The van der Waals surface area contributed by atoms with Crippen molar-refractivity contribution in [1.82, 2.24) is 5.32 Å². The Morgan fingerprint density at radius 2 is 2.12 bits per heavy atom. The average molecular weight is 249 g/mol. The monoisotopic (exact) mass is 249 g/mol. The van der Waals surface area contributed by atoms with Gasteiger partial charge >= 0.3 is 0 Å². The van der Waals surface area contributed by atoms with Crippen molar-refractivity contribution in [3.05, 3.63) is 0 Å². The van der Waals surface area contributed by atoms with Gasteiger partial charge in [-0.2, -0.15) is 0 Å². The Labute approximate surface area is 98.4 Å². The van der Waals surface area contributed by atoms with Crippen LogP contribution in [-0.4, -0.2) is 43.7 Å². The molecule has 0 spiro atoms. The Morgan fingerprint density at radius 1 is 1.44 bits per heavy atom. The third-order valence-electron chi connectivity index (χ3n) is 3.30. The van der Waals surface area contributed by atoms with Gasteiger partial charge in [-0.25, -0.2) is 8.42 Å². The Kier molecular flexibility index (Phi) is 5.21. The molecule has 0 bridgehead atoms. The first-order chi connectivity index (χ1) is 7.45. The first kappa shape index (κ1) is 13.9. The third kappa shape index (κ3) is 4.03. The molecule has 1 aliphatic carbocycles. The van der Waals surface area contributed by atoms with E-state index < -0.39 is 9.84 Å². The van der Waals surface area contributed by atoms with E-state index in [0.29, 0.717) is 0 Å². The van der Waals surface area contributed by atoms with Crippen molar-refractivity contribution in [3.8, 4) is 0 Å². The molecule has 0 radical (unpaired) electrons. The number of sulfone groups is 1. The van der Waals surface area contributed by atoms with Crippen molar-refractivity contribution in [2.24, 2.45) is 0 Å². The van der Waals surface area contributed by atoms with Crippen molar-refractivity contribution in [1.29, 1.82) is 0 Å². The minimum absolute atomic E-state index is 0.101. The Bertz CT molecular complexity index is 302. The maximum absolute atomic E-state index is 11.6. The van der Waals surface area contributed by atoms with Crippen LogP contribution in [0, 0.1) is 0 Å². The molecule has 16 heavy (non-hydrogen) atoms.